The zero-order valence-corrected chi connectivity index (χ0v) is 24.8. The largest absolute Gasteiger partial charge is 0.383 e. The van der Waals surface area contributed by atoms with Crippen molar-refractivity contribution in [3.8, 4) is 16.9 Å². The molecule has 2 atom stereocenters. The number of benzene rings is 1. The SMILES string of the molecule is COCCN1C[C@@H](NC(=O)Nc2c(C)c(-c3cnc(N4CCCCC4)nc3)nn2-c2ccccc2)[C@H](c2ccnc(F)c2)O1. The van der Waals surface area contributed by atoms with Crippen molar-refractivity contribution in [3.63, 3.8) is 0 Å². The molecule has 2 N–H and O–H groups in total. The van der Waals surface area contributed by atoms with Gasteiger partial charge in [-0.05, 0) is 56.0 Å². The van der Waals surface area contributed by atoms with E-state index in [2.05, 4.69) is 30.5 Å². The number of anilines is 2. The number of nitrogens with zero attached hydrogens (tertiary/aromatic N) is 7. The van der Waals surface area contributed by atoms with Crippen LogP contribution in [0.2, 0.25) is 0 Å². The Balaban J connectivity index is 1.25. The Morgan fingerprint density at radius 3 is 2.59 bits per heavy atom. The van der Waals surface area contributed by atoms with Crippen molar-refractivity contribution in [2.45, 2.75) is 38.3 Å². The number of para-hydroxylation sites is 1. The van der Waals surface area contributed by atoms with E-state index in [1.165, 1.54) is 18.7 Å². The number of halogens is 1. The topological polar surface area (TPSA) is 123 Å². The normalized spacial score (nSPS) is 18.8. The summed E-state index contributed by atoms with van der Waals surface area (Å²) in [6.45, 7) is 5.13. The quantitative estimate of drug-likeness (QED) is 0.271. The van der Waals surface area contributed by atoms with Gasteiger partial charge in [-0.3, -0.25) is 10.2 Å². The molecule has 4 aromatic rings. The van der Waals surface area contributed by atoms with Crippen LogP contribution in [0, 0.1) is 12.9 Å². The van der Waals surface area contributed by atoms with Crippen molar-refractivity contribution in [2.75, 3.05) is 50.1 Å². The molecule has 2 fully saturated rings. The number of carbonyl (C=O) groups excluding carboxylic acids is 1. The lowest BCUT2D eigenvalue weighted by molar-refractivity contribution is -0.154. The monoisotopic (exact) mass is 601 g/mol. The first kappa shape index (κ1) is 29.6. The van der Waals surface area contributed by atoms with E-state index in [0.717, 1.165) is 42.7 Å². The molecule has 2 saturated heterocycles. The van der Waals surface area contributed by atoms with Crippen LogP contribution in [0.4, 0.5) is 21.0 Å². The number of pyridine rings is 1. The van der Waals surface area contributed by atoms with Crippen LogP contribution in [0.3, 0.4) is 0 Å². The van der Waals surface area contributed by atoms with Crippen LogP contribution in [-0.2, 0) is 9.57 Å². The second-order valence-corrected chi connectivity index (χ2v) is 10.9. The minimum absolute atomic E-state index is 0.383. The summed E-state index contributed by atoms with van der Waals surface area (Å²) >= 11 is 0. The van der Waals surface area contributed by atoms with Gasteiger partial charge in [0.05, 0.1) is 18.3 Å². The number of urea groups is 1. The molecule has 230 valence electrons. The third-order valence-electron chi connectivity index (χ3n) is 7.87. The van der Waals surface area contributed by atoms with Crippen molar-refractivity contribution in [1.82, 2.24) is 35.1 Å². The smallest absolute Gasteiger partial charge is 0.320 e. The second kappa shape index (κ2) is 13.5. The molecule has 0 bridgehead atoms. The molecular formula is C31H36FN9O3. The summed E-state index contributed by atoms with van der Waals surface area (Å²) in [4.78, 5) is 34.8. The van der Waals surface area contributed by atoms with Crippen molar-refractivity contribution in [3.05, 3.63) is 78.1 Å². The number of carbonyl (C=O) groups is 1. The van der Waals surface area contributed by atoms with Gasteiger partial charge in [0.2, 0.25) is 11.9 Å². The van der Waals surface area contributed by atoms with Gasteiger partial charge in [0.1, 0.15) is 17.6 Å². The standard InChI is InChI=1S/C31H36FN9O3/c1-21-27(23-18-34-30(35-19-23)39-13-7-4-8-14-39)38-41(24-9-5-3-6-10-24)29(21)37-31(42)36-25-20-40(15-16-43-2)44-28(25)22-11-12-33-26(32)17-22/h3,5-6,9-12,17-19,25,28H,4,7-8,13-16,20H2,1-2H3,(H2,36,37,42)/t25-,28+/m1/s1. The highest BCUT2D eigenvalue weighted by Crippen LogP contribution is 2.32. The van der Waals surface area contributed by atoms with Crippen LogP contribution >= 0.6 is 0 Å². The molecule has 5 heterocycles. The Kier molecular flexibility index (Phi) is 9.05. The Morgan fingerprint density at radius 1 is 1.09 bits per heavy atom. The lowest BCUT2D eigenvalue weighted by Crippen LogP contribution is -2.42. The zero-order chi connectivity index (χ0) is 30.5. The highest BCUT2D eigenvalue weighted by molar-refractivity contribution is 5.91. The van der Waals surface area contributed by atoms with Gasteiger partial charge in [0.25, 0.3) is 0 Å². The molecule has 6 rings (SSSR count). The molecule has 2 amide bonds. The summed E-state index contributed by atoms with van der Waals surface area (Å²) in [5, 5.41) is 12.6. The number of rotatable bonds is 9. The molecule has 0 radical (unpaired) electrons. The molecule has 3 aromatic heterocycles. The summed E-state index contributed by atoms with van der Waals surface area (Å²) < 4.78 is 20.9. The molecular weight excluding hydrogens is 565 g/mol. The molecule has 0 unspecified atom stereocenters. The van der Waals surface area contributed by atoms with E-state index in [0.29, 0.717) is 42.7 Å². The highest BCUT2D eigenvalue weighted by atomic mass is 19.1. The molecule has 0 saturated carbocycles. The number of aromatic nitrogens is 5. The summed E-state index contributed by atoms with van der Waals surface area (Å²) in [7, 11) is 1.61. The predicted octanol–water partition coefficient (Wildman–Crippen LogP) is 4.29. The Hall–Kier alpha value is -4.46. The summed E-state index contributed by atoms with van der Waals surface area (Å²) in [5.74, 6) is 0.603. The number of nitrogens with one attached hydrogen (secondary N) is 2. The van der Waals surface area contributed by atoms with Crippen LogP contribution in [0.1, 0.15) is 36.5 Å². The van der Waals surface area contributed by atoms with Crippen LogP contribution in [0.5, 0.6) is 0 Å². The zero-order valence-electron chi connectivity index (χ0n) is 24.8. The van der Waals surface area contributed by atoms with E-state index >= 15 is 0 Å². The van der Waals surface area contributed by atoms with Gasteiger partial charge in [0.15, 0.2) is 0 Å². The van der Waals surface area contributed by atoms with Gasteiger partial charge in [-0.2, -0.15) is 14.6 Å². The lowest BCUT2D eigenvalue weighted by Gasteiger charge is -2.26. The Bertz CT molecular complexity index is 1560. The molecule has 12 nitrogen and oxygen atoms in total. The Morgan fingerprint density at radius 2 is 1.86 bits per heavy atom. The van der Waals surface area contributed by atoms with E-state index in [1.54, 1.807) is 35.3 Å². The van der Waals surface area contributed by atoms with Gasteiger partial charge in [0, 0.05) is 63.0 Å². The number of ether oxygens (including phenoxy) is 1. The predicted molar refractivity (Wildman–Crippen MR) is 163 cm³/mol. The maximum absolute atomic E-state index is 14.0. The number of piperidine rings is 1. The molecule has 0 spiro atoms. The van der Waals surface area contributed by atoms with Crippen LogP contribution in [0.25, 0.3) is 16.9 Å². The first-order chi connectivity index (χ1) is 21.5. The van der Waals surface area contributed by atoms with Gasteiger partial charge in [-0.1, -0.05) is 18.2 Å². The fourth-order valence-corrected chi connectivity index (χ4v) is 5.62. The summed E-state index contributed by atoms with van der Waals surface area (Å²) in [5.41, 5.74) is 3.52. The van der Waals surface area contributed by atoms with Crippen molar-refractivity contribution in [2.24, 2.45) is 0 Å². The van der Waals surface area contributed by atoms with E-state index < -0.39 is 24.1 Å². The summed E-state index contributed by atoms with van der Waals surface area (Å²) in [6.07, 6.45) is 7.86. The van der Waals surface area contributed by atoms with Crippen molar-refractivity contribution >= 4 is 17.8 Å². The number of hydrogen-bond donors (Lipinski definition) is 2. The van der Waals surface area contributed by atoms with Crippen LogP contribution in [0.15, 0.2) is 61.1 Å². The lowest BCUT2D eigenvalue weighted by atomic mass is 10.0. The van der Waals surface area contributed by atoms with Gasteiger partial charge in [-0.25, -0.2) is 24.4 Å². The number of methoxy groups -OCH3 is 1. The number of hydrogen-bond acceptors (Lipinski definition) is 9. The number of hydroxylamine groups is 2. The maximum atomic E-state index is 14.0. The maximum Gasteiger partial charge on any atom is 0.320 e. The van der Waals surface area contributed by atoms with Gasteiger partial charge >= 0.3 is 6.03 Å². The molecule has 2 aliphatic heterocycles. The molecule has 44 heavy (non-hydrogen) atoms. The van der Waals surface area contributed by atoms with Crippen LogP contribution in [-0.4, -0.2) is 81.8 Å². The molecule has 2 aliphatic rings. The van der Waals surface area contributed by atoms with Crippen molar-refractivity contribution in [1.29, 1.82) is 0 Å². The highest BCUT2D eigenvalue weighted by Gasteiger charge is 2.37. The van der Waals surface area contributed by atoms with Crippen molar-refractivity contribution < 1.29 is 18.8 Å². The van der Waals surface area contributed by atoms with E-state index in [9.17, 15) is 9.18 Å². The summed E-state index contributed by atoms with van der Waals surface area (Å²) in [6, 6.07) is 11.7. The minimum Gasteiger partial charge on any atom is -0.383 e. The van der Waals surface area contributed by atoms with E-state index in [-0.39, 0.29) is 0 Å². The van der Waals surface area contributed by atoms with Gasteiger partial charge in [-0.15, -0.1) is 0 Å². The average molecular weight is 602 g/mol. The Labute approximate surface area is 255 Å². The minimum atomic E-state index is -0.618. The molecule has 0 aliphatic carbocycles. The fraction of sp³-hybridized carbons (Fsp3) is 0.387. The van der Waals surface area contributed by atoms with Gasteiger partial charge < -0.3 is 15.0 Å². The van der Waals surface area contributed by atoms with E-state index in [1.807, 2.05) is 37.3 Å². The first-order valence-electron chi connectivity index (χ1n) is 14.8. The molecule has 1 aromatic carbocycles. The third-order valence-corrected chi connectivity index (χ3v) is 7.87. The third kappa shape index (κ3) is 6.54. The number of amides is 2. The average Bonchev–Trinajstić information content (AvgIpc) is 3.61. The second-order valence-electron chi connectivity index (χ2n) is 10.9. The first-order valence-corrected chi connectivity index (χ1v) is 14.8. The molecule has 13 heteroatoms. The fourth-order valence-electron chi connectivity index (χ4n) is 5.62. The van der Waals surface area contributed by atoms with E-state index in [4.69, 9.17) is 14.7 Å². The van der Waals surface area contributed by atoms with Crippen LogP contribution < -0.4 is 15.5 Å².